The van der Waals surface area contributed by atoms with Crippen LogP contribution in [0, 0.1) is 0 Å². The minimum atomic E-state index is 1.14. The van der Waals surface area contributed by atoms with Crippen LogP contribution < -0.4 is 19.6 Å². The van der Waals surface area contributed by atoms with Crippen molar-refractivity contribution in [1.29, 1.82) is 0 Å². The van der Waals surface area contributed by atoms with Crippen molar-refractivity contribution in [2.45, 2.75) is 0 Å². The quantitative estimate of drug-likeness (QED) is 0.113. The van der Waals surface area contributed by atoms with E-state index < -0.39 is 0 Å². The summed E-state index contributed by atoms with van der Waals surface area (Å²) in [5.74, 6) is 0. The van der Waals surface area contributed by atoms with Gasteiger partial charge in [-0.25, -0.2) is 0 Å². The zero-order valence-electron chi connectivity index (χ0n) is 31.4. The van der Waals surface area contributed by atoms with E-state index in [1.54, 1.807) is 90.7 Å². The number of hydrogen-bond donors (Lipinski definition) is 0. The summed E-state index contributed by atoms with van der Waals surface area (Å²) in [6, 6.07) is 32.3. The molecule has 12 heteroatoms. The highest BCUT2D eigenvalue weighted by Gasteiger charge is 2.29. The molecule has 60 heavy (non-hydrogen) atoms. The summed E-state index contributed by atoms with van der Waals surface area (Å²) in [5.41, 5.74) is 13.8. The van der Waals surface area contributed by atoms with Gasteiger partial charge in [0.2, 0.25) is 0 Å². The Kier molecular flexibility index (Phi) is 9.34. The van der Waals surface area contributed by atoms with Crippen LogP contribution in [0.2, 0.25) is 0 Å². The standard InChI is InChI=1S/C48H30N4S8/c1-2-40-44(50(33-7-15-55-25-33)34-8-16-56-26-34)22-46(52(37-11-19-59-29-37)38-12-20-60-30-38)42-4-3-41-45(51(35-9-17-57-27-35)36-10-18-58-28-36)21-43(39(1)47(41)48(40)42)49(31-5-13-53-23-31)32-6-14-54-24-32/h1-30H. The van der Waals surface area contributed by atoms with E-state index >= 15 is 0 Å². The van der Waals surface area contributed by atoms with Crippen LogP contribution in [0.3, 0.4) is 0 Å². The van der Waals surface area contributed by atoms with Crippen molar-refractivity contribution < 1.29 is 0 Å². The first-order chi connectivity index (χ1) is 29.8. The second-order valence-corrected chi connectivity index (χ2v) is 20.3. The number of hydrogen-bond acceptors (Lipinski definition) is 12. The molecule has 0 amide bonds. The van der Waals surface area contributed by atoms with Crippen molar-refractivity contribution in [3.8, 4) is 0 Å². The van der Waals surface area contributed by atoms with Gasteiger partial charge in [-0.15, -0.1) is 0 Å². The molecule has 0 saturated carbocycles. The van der Waals surface area contributed by atoms with E-state index in [4.69, 9.17) is 0 Å². The Morgan fingerprint density at radius 2 is 0.417 bits per heavy atom. The molecule has 0 fully saturated rings. The molecule has 4 aromatic carbocycles. The van der Waals surface area contributed by atoms with Gasteiger partial charge in [-0.1, -0.05) is 24.3 Å². The first kappa shape index (κ1) is 36.6. The molecule has 0 spiro atoms. The molecule has 0 N–H and O–H groups in total. The third kappa shape index (κ3) is 6.05. The van der Waals surface area contributed by atoms with Crippen molar-refractivity contribution in [3.05, 3.63) is 171 Å². The molecule has 290 valence electrons. The molecule has 0 atom stereocenters. The number of thiophene rings is 8. The van der Waals surface area contributed by atoms with Gasteiger partial charge >= 0.3 is 0 Å². The van der Waals surface area contributed by atoms with Crippen LogP contribution in [0.4, 0.5) is 68.2 Å². The van der Waals surface area contributed by atoms with E-state index in [2.05, 4.69) is 191 Å². The van der Waals surface area contributed by atoms with E-state index in [9.17, 15) is 0 Å². The summed E-state index contributed by atoms with van der Waals surface area (Å²) < 4.78 is 0. The fourth-order valence-electron chi connectivity index (χ4n) is 8.44. The highest BCUT2D eigenvalue weighted by molar-refractivity contribution is 7.10. The van der Waals surface area contributed by atoms with Crippen LogP contribution >= 0.6 is 90.7 Å². The zero-order valence-corrected chi connectivity index (χ0v) is 37.9. The van der Waals surface area contributed by atoms with E-state index in [0.29, 0.717) is 0 Å². The molecule has 0 aliphatic carbocycles. The maximum absolute atomic E-state index is 2.45. The van der Waals surface area contributed by atoms with Gasteiger partial charge in [0.25, 0.3) is 0 Å². The monoisotopic (exact) mass is 918 g/mol. The lowest BCUT2D eigenvalue weighted by atomic mass is 9.89. The lowest BCUT2D eigenvalue weighted by Crippen LogP contribution is -2.14. The molecule has 4 nitrogen and oxygen atoms in total. The summed E-state index contributed by atoms with van der Waals surface area (Å²) in [5, 5.41) is 42.9. The van der Waals surface area contributed by atoms with Crippen LogP contribution in [-0.2, 0) is 0 Å². The van der Waals surface area contributed by atoms with Crippen LogP contribution in [0.1, 0.15) is 0 Å². The Morgan fingerprint density at radius 3 is 0.567 bits per heavy atom. The lowest BCUT2D eigenvalue weighted by molar-refractivity contribution is 1.29. The van der Waals surface area contributed by atoms with Gasteiger partial charge in [-0.2, -0.15) is 90.7 Å². The number of benzene rings is 4. The third-order valence-electron chi connectivity index (χ3n) is 10.9. The third-order valence-corrected chi connectivity index (χ3v) is 16.3. The van der Waals surface area contributed by atoms with Gasteiger partial charge in [-0.3, -0.25) is 0 Å². The SMILES string of the molecule is c1cc(N(c2ccsc2)c2cc(N(c3ccsc3)c3ccsc3)c3ccc4c(N(c5ccsc5)c5ccsc5)cc(N(c5ccsc5)c5ccsc5)c5ccc2c3c54)cs1. The van der Waals surface area contributed by atoms with Crippen molar-refractivity contribution in [3.63, 3.8) is 0 Å². The molecule has 12 rings (SSSR count). The summed E-state index contributed by atoms with van der Waals surface area (Å²) in [4.78, 5) is 9.82. The van der Waals surface area contributed by atoms with Gasteiger partial charge in [0.15, 0.2) is 0 Å². The maximum Gasteiger partial charge on any atom is 0.0569 e. The Labute approximate surface area is 378 Å². The predicted molar refractivity (Wildman–Crippen MR) is 272 cm³/mol. The second kappa shape index (κ2) is 15.3. The van der Waals surface area contributed by atoms with Crippen molar-refractivity contribution >= 4 is 191 Å². The molecular weight excluding hydrogens is 889 g/mol. The molecule has 8 heterocycles. The fraction of sp³-hybridized carbons (Fsp3) is 0. The van der Waals surface area contributed by atoms with Crippen LogP contribution in [0.25, 0.3) is 32.3 Å². The lowest BCUT2D eigenvalue weighted by Gasteiger charge is -2.33. The van der Waals surface area contributed by atoms with Gasteiger partial charge in [0.05, 0.1) is 68.2 Å². The maximum atomic E-state index is 2.45. The van der Waals surface area contributed by atoms with Crippen molar-refractivity contribution in [2.75, 3.05) is 19.6 Å². The molecule has 0 radical (unpaired) electrons. The molecule has 0 unspecified atom stereocenters. The molecule has 0 saturated heterocycles. The average molecular weight is 919 g/mol. The molecule has 8 aromatic heterocycles. The molecule has 0 aliphatic rings. The highest BCUT2D eigenvalue weighted by atomic mass is 32.1. The van der Waals surface area contributed by atoms with E-state index in [1.165, 1.54) is 32.3 Å². The summed E-state index contributed by atoms with van der Waals surface area (Å²) in [6.45, 7) is 0. The topological polar surface area (TPSA) is 13.0 Å². The Balaban J connectivity index is 1.27. The number of anilines is 12. The van der Waals surface area contributed by atoms with Crippen LogP contribution in [0.5, 0.6) is 0 Å². The number of rotatable bonds is 12. The first-order valence-electron chi connectivity index (χ1n) is 19.0. The summed E-state index contributed by atoms with van der Waals surface area (Å²) in [6.07, 6.45) is 0. The Hall–Kier alpha value is -5.28. The minimum Gasteiger partial charge on any atom is -0.308 e. The fourth-order valence-corrected chi connectivity index (χ4v) is 13.4. The predicted octanol–water partition coefficient (Wildman–Crippen LogP) is 19.0. The van der Waals surface area contributed by atoms with Gasteiger partial charge in [0, 0.05) is 75.4 Å². The van der Waals surface area contributed by atoms with Crippen LogP contribution in [0.15, 0.2) is 171 Å². The highest BCUT2D eigenvalue weighted by Crippen LogP contribution is 2.55. The molecular formula is C48H30N4S8. The van der Waals surface area contributed by atoms with Crippen LogP contribution in [-0.4, -0.2) is 0 Å². The number of nitrogens with zero attached hydrogens (tertiary/aromatic N) is 4. The van der Waals surface area contributed by atoms with E-state index in [-0.39, 0.29) is 0 Å². The molecule has 0 bridgehead atoms. The van der Waals surface area contributed by atoms with E-state index in [0.717, 1.165) is 68.2 Å². The largest absolute Gasteiger partial charge is 0.308 e. The Bertz CT molecular complexity index is 2690. The zero-order chi connectivity index (χ0) is 39.6. The average Bonchev–Trinajstić information content (AvgIpc) is 4.13. The Morgan fingerprint density at radius 1 is 0.233 bits per heavy atom. The second-order valence-electron chi connectivity index (χ2n) is 14.1. The summed E-state index contributed by atoms with van der Waals surface area (Å²) in [7, 11) is 0. The van der Waals surface area contributed by atoms with E-state index in [1.807, 2.05) is 0 Å². The summed E-state index contributed by atoms with van der Waals surface area (Å²) >= 11 is 13.9. The smallest absolute Gasteiger partial charge is 0.0569 e. The minimum absolute atomic E-state index is 1.14. The molecule has 0 aliphatic heterocycles. The molecule has 12 aromatic rings. The van der Waals surface area contributed by atoms with Gasteiger partial charge in [-0.05, 0) is 104 Å². The van der Waals surface area contributed by atoms with Gasteiger partial charge < -0.3 is 19.6 Å². The normalized spacial score (nSPS) is 11.7. The first-order valence-corrected chi connectivity index (χ1v) is 26.5. The van der Waals surface area contributed by atoms with Crippen molar-refractivity contribution in [2.24, 2.45) is 0 Å². The van der Waals surface area contributed by atoms with Gasteiger partial charge in [0.1, 0.15) is 0 Å². The van der Waals surface area contributed by atoms with Crippen molar-refractivity contribution in [1.82, 2.24) is 0 Å².